The lowest BCUT2D eigenvalue weighted by Crippen LogP contribution is -2.35. The first-order chi connectivity index (χ1) is 5.31. The molecule has 0 atom stereocenters. The fourth-order valence-corrected chi connectivity index (χ4v) is 1.13. The number of rotatable bonds is 1. The number of ether oxygens (including phenoxy) is 1. The van der Waals surface area contributed by atoms with E-state index in [1.54, 1.807) is 0 Å². The maximum atomic E-state index is 5.04. The summed E-state index contributed by atoms with van der Waals surface area (Å²) in [7, 11) is -1.43. The van der Waals surface area contributed by atoms with Crippen molar-refractivity contribution in [1.82, 2.24) is 0 Å². The Morgan fingerprint density at radius 2 is 1.75 bits per heavy atom. The Morgan fingerprint density at radius 1 is 1.25 bits per heavy atom. The van der Waals surface area contributed by atoms with Gasteiger partial charge in [0.2, 0.25) is 0 Å². The summed E-state index contributed by atoms with van der Waals surface area (Å²) in [6.45, 7) is 13.9. The molecule has 0 fully saturated rings. The zero-order valence-electron chi connectivity index (χ0n) is 9.12. The first-order valence-electron chi connectivity index (χ1n) is 4.45. The highest BCUT2D eigenvalue weighted by atomic mass is 28.3. The highest BCUT2D eigenvalue weighted by Crippen LogP contribution is 2.34. The maximum absolute atomic E-state index is 5.04. The van der Waals surface area contributed by atoms with E-state index >= 15 is 0 Å². The molecule has 0 N–H and O–H groups in total. The Kier molecular flexibility index (Phi) is 3.86. The van der Waals surface area contributed by atoms with Gasteiger partial charge in [0.25, 0.3) is 0 Å². The Morgan fingerprint density at radius 3 is 2.08 bits per heavy atom. The summed E-state index contributed by atoms with van der Waals surface area (Å²) in [5.74, 6) is 0. The molecule has 0 unspecified atom stereocenters. The largest absolute Gasteiger partial charge is 0.447 e. The molecule has 0 aromatic rings. The molecular formula is C10H20OSi. The molecule has 0 heterocycles. The molecule has 0 aliphatic heterocycles. The van der Waals surface area contributed by atoms with E-state index < -0.39 is 8.07 Å². The van der Waals surface area contributed by atoms with Crippen LogP contribution in [-0.2, 0) is 4.74 Å². The summed E-state index contributed by atoms with van der Waals surface area (Å²) < 4.78 is 5.04. The predicted molar refractivity (Wildman–Crippen MR) is 56.6 cm³/mol. The van der Waals surface area contributed by atoms with Crippen LogP contribution in [0.2, 0.25) is 18.1 Å². The van der Waals surface area contributed by atoms with Crippen LogP contribution in [0, 0.1) is 11.7 Å². The summed E-state index contributed by atoms with van der Waals surface area (Å²) >= 11 is 0. The average molecular weight is 184 g/mol. The fourth-order valence-electron chi connectivity index (χ4n) is 0.423. The first-order valence-corrected chi connectivity index (χ1v) is 7.45. The van der Waals surface area contributed by atoms with Gasteiger partial charge in [0.05, 0.1) is 6.61 Å². The van der Waals surface area contributed by atoms with Crippen molar-refractivity contribution < 1.29 is 4.74 Å². The molecule has 0 aliphatic carbocycles. The monoisotopic (exact) mass is 184 g/mol. The SMILES string of the molecule is CCOC#C[Si](C)(C)C(C)(C)C. The minimum atomic E-state index is -1.43. The first kappa shape index (κ1) is 11.6. The standard InChI is InChI=1S/C10H20OSi/c1-7-11-8-9-12(5,6)10(2,3)4/h7H2,1-6H3. The van der Waals surface area contributed by atoms with Gasteiger partial charge < -0.3 is 4.74 Å². The fraction of sp³-hybridized carbons (Fsp3) is 0.800. The molecule has 0 aliphatic rings. The third-order valence-electron chi connectivity index (χ3n) is 2.46. The zero-order valence-corrected chi connectivity index (χ0v) is 10.1. The van der Waals surface area contributed by atoms with Gasteiger partial charge in [-0.25, -0.2) is 0 Å². The second kappa shape index (κ2) is 4.00. The molecule has 0 rings (SSSR count). The lowest BCUT2D eigenvalue weighted by molar-refractivity contribution is 0.299. The summed E-state index contributed by atoms with van der Waals surface area (Å²) in [6.07, 6.45) is 2.79. The van der Waals surface area contributed by atoms with E-state index in [-0.39, 0.29) is 0 Å². The molecule has 0 aromatic heterocycles. The number of hydrogen-bond acceptors (Lipinski definition) is 1. The Hall–Kier alpha value is -0.423. The molecule has 0 radical (unpaired) electrons. The minimum absolute atomic E-state index is 0.330. The highest BCUT2D eigenvalue weighted by Gasteiger charge is 2.33. The highest BCUT2D eigenvalue weighted by molar-refractivity contribution is 6.87. The van der Waals surface area contributed by atoms with Crippen LogP contribution < -0.4 is 0 Å². The predicted octanol–water partition coefficient (Wildman–Crippen LogP) is 3.03. The van der Waals surface area contributed by atoms with Gasteiger partial charge >= 0.3 is 0 Å². The summed E-state index contributed by atoms with van der Waals surface area (Å²) in [6, 6.07) is 0. The van der Waals surface area contributed by atoms with Crippen molar-refractivity contribution in [3.05, 3.63) is 0 Å². The summed E-state index contributed by atoms with van der Waals surface area (Å²) in [5, 5.41) is 0.330. The third kappa shape index (κ3) is 3.32. The van der Waals surface area contributed by atoms with Crippen molar-refractivity contribution in [3.63, 3.8) is 0 Å². The molecule has 0 bridgehead atoms. The Balaban J connectivity index is 4.35. The molecule has 12 heavy (non-hydrogen) atoms. The second-order valence-corrected chi connectivity index (χ2v) is 9.54. The van der Waals surface area contributed by atoms with Crippen molar-refractivity contribution in [2.75, 3.05) is 6.61 Å². The molecule has 70 valence electrons. The van der Waals surface area contributed by atoms with Crippen LogP contribution in [-0.4, -0.2) is 14.7 Å². The molecule has 0 aromatic carbocycles. The lowest BCUT2D eigenvalue weighted by atomic mass is 10.2. The molecule has 0 amide bonds. The van der Waals surface area contributed by atoms with Gasteiger partial charge in [0, 0.05) is 0 Å². The smallest absolute Gasteiger partial charge is 0.142 e. The van der Waals surface area contributed by atoms with Gasteiger partial charge in [-0.05, 0) is 12.0 Å². The van der Waals surface area contributed by atoms with E-state index in [0.29, 0.717) is 11.6 Å². The molecule has 0 saturated carbocycles. The van der Waals surface area contributed by atoms with Crippen LogP contribution in [0.4, 0.5) is 0 Å². The van der Waals surface area contributed by atoms with E-state index in [4.69, 9.17) is 4.74 Å². The van der Waals surface area contributed by atoms with Crippen LogP contribution in [0.15, 0.2) is 0 Å². The molecular weight excluding hydrogens is 164 g/mol. The maximum Gasteiger partial charge on any atom is 0.142 e. The van der Waals surface area contributed by atoms with Crippen molar-refractivity contribution in [3.8, 4) is 11.7 Å². The van der Waals surface area contributed by atoms with E-state index in [2.05, 4.69) is 45.5 Å². The lowest BCUT2D eigenvalue weighted by Gasteiger charge is -2.31. The van der Waals surface area contributed by atoms with Crippen LogP contribution >= 0.6 is 0 Å². The van der Waals surface area contributed by atoms with Crippen molar-refractivity contribution in [2.45, 2.75) is 45.8 Å². The van der Waals surface area contributed by atoms with Crippen LogP contribution in [0.1, 0.15) is 27.7 Å². The Labute approximate surface area is 77.5 Å². The van der Waals surface area contributed by atoms with E-state index in [1.807, 2.05) is 6.92 Å². The molecule has 2 heteroatoms. The van der Waals surface area contributed by atoms with E-state index in [1.165, 1.54) is 0 Å². The van der Waals surface area contributed by atoms with E-state index in [0.717, 1.165) is 0 Å². The van der Waals surface area contributed by atoms with Crippen LogP contribution in [0.3, 0.4) is 0 Å². The van der Waals surface area contributed by atoms with Crippen molar-refractivity contribution in [2.24, 2.45) is 0 Å². The normalized spacial score (nSPS) is 11.8. The Bertz CT molecular complexity index is 190. The van der Waals surface area contributed by atoms with Crippen molar-refractivity contribution in [1.29, 1.82) is 0 Å². The van der Waals surface area contributed by atoms with Crippen LogP contribution in [0.25, 0.3) is 0 Å². The van der Waals surface area contributed by atoms with Crippen molar-refractivity contribution >= 4 is 8.07 Å². The van der Waals surface area contributed by atoms with Gasteiger partial charge in [-0.1, -0.05) is 39.4 Å². The summed E-state index contributed by atoms with van der Waals surface area (Å²) in [4.78, 5) is 0. The second-order valence-electron chi connectivity index (χ2n) is 4.54. The van der Waals surface area contributed by atoms with Gasteiger partial charge in [-0.2, -0.15) is 0 Å². The topological polar surface area (TPSA) is 9.23 Å². The minimum Gasteiger partial charge on any atom is -0.447 e. The van der Waals surface area contributed by atoms with Gasteiger partial charge in [-0.15, -0.1) is 0 Å². The van der Waals surface area contributed by atoms with Gasteiger partial charge in [-0.3, -0.25) is 0 Å². The average Bonchev–Trinajstić information content (AvgIpc) is 1.85. The van der Waals surface area contributed by atoms with Gasteiger partial charge in [0.1, 0.15) is 14.2 Å². The zero-order chi connectivity index (χ0) is 9.83. The summed E-state index contributed by atoms with van der Waals surface area (Å²) in [5.41, 5.74) is 3.27. The van der Waals surface area contributed by atoms with Gasteiger partial charge in [0.15, 0.2) is 0 Å². The number of hydrogen-bond donors (Lipinski definition) is 0. The van der Waals surface area contributed by atoms with E-state index in [9.17, 15) is 0 Å². The molecule has 0 saturated heterocycles. The third-order valence-corrected chi connectivity index (χ3v) is 6.93. The quantitative estimate of drug-likeness (QED) is 0.449. The molecule has 1 nitrogen and oxygen atoms in total. The molecule has 0 spiro atoms. The van der Waals surface area contributed by atoms with Crippen LogP contribution in [0.5, 0.6) is 0 Å².